The Bertz CT molecular complexity index is 793. The number of amides is 1. The van der Waals surface area contributed by atoms with Gasteiger partial charge in [0.2, 0.25) is 5.91 Å². The van der Waals surface area contributed by atoms with Crippen LogP contribution < -0.4 is 5.32 Å². The first kappa shape index (κ1) is 20.6. The van der Waals surface area contributed by atoms with Gasteiger partial charge in [-0.3, -0.25) is 4.79 Å². The number of hydrogen-bond acceptors (Lipinski definition) is 3. The van der Waals surface area contributed by atoms with Gasteiger partial charge in [-0.1, -0.05) is 18.7 Å². The van der Waals surface area contributed by atoms with Crippen molar-refractivity contribution in [2.45, 2.75) is 69.7 Å². The van der Waals surface area contributed by atoms with E-state index in [-0.39, 0.29) is 11.4 Å². The number of imidazole rings is 1. The van der Waals surface area contributed by atoms with Gasteiger partial charge < -0.3 is 9.88 Å². The summed E-state index contributed by atoms with van der Waals surface area (Å²) in [5.41, 5.74) is -0.112. The maximum Gasteiger partial charge on any atom is 0.416 e. The number of nitrogens with one attached hydrogen (secondary N) is 1. The molecule has 0 aliphatic heterocycles. The molecule has 0 spiro atoms. The number of halogens is 3. The van der Waals surface area contributed by atoms with Crippen LogP contribution in [0.15, 0.2) is 23.4 Å². The molecule has 0 aliphatic rings. The smallest absolute Gasteiger partial charge is 0.351 e. The van der Waals surface area contributed by atoms with Crippen LogP contribution in [0.2, 0.25) is 0 Å². The highest BCUT2D eigenvalue weighted by atomic mass is 32.2. The molecule has 0 saturated heterocycles. The van der Waals surface area contributed by atoms with Crippen molar-refractivity contribution < 1.29 is 18.0 Å². The molecular weight excluding hydrogens is 363 g/mol. The number of hydrogen-bond donors (Lipinski definition) is 1. The van der Waals surface area contributed by atoms with Crippen LogP contribution >= 0.6 is 11.8 Å². The zero-order chi connectivity index (χ0) is 19.7. The van der Waals surface area contributed by atoms with Gasteiger partial charge >= 0.3 is 6.18 Å². The first-order valence-corrected chi connectivity index (χ1v) is 9.36. The Labute approximate surface area is 155 Å². The molecule has 0 radical (unpaired) electrons. The van der Waals surface area contributed by atoms with E-state index < -0.39 is 17.0 Å². The number of carbonyl (C=O) groups excluding carboxylic acids is 1. The van der Waals surface area contributed by atoms with Gasteiger partial charge in [0.15, 0.2) is 5.16 Å². The van der Waals surface area contributed by atoms with Crippen molar-refractivity contribution in [1.29, 1.82) is 0 Å². The number of aryl methyl sites for hydroxylation is 1. The van der Waals surface area contributed by atoms with Gasteiger partial charge in [-0.2, -0.15) is 13.2 Å². The summed E-state index contributed by atoms with van der Waals surface area (Å²) in [6, 6.07) is 3.55. The minimum absolute atomic E-state index is 0.131. The minimum Gasteiger partial charge on any atom is -0.351 e. The molecule has 0 aliphatic carbocycles. The van der Waals surface area contributed by atoms with E-state index in [1.54, 1.807) is 11.5 Å². The number of nitrogens with zero attached hydrogens (tertiary/aromatic N) is 2. The van der Waals surface area contributed by atoms with Crippen LogP contribution in [0.1, 0.15) is 46.6 Å². The van der Waals surface area contributed by atoms with E-state index in [4.69, 9.17) is 0 Å². The Balaban J connectivity index is 2.37. The van der Waals surface area contributed by atoms with Crippen LogP contribution in [0.25, 0.3) is 11.0 Å². The first-order valence-electron chi connectivity index (χ1n) is 8.48. The summed E-state index contributed by atoms with van der Waals surface area (Å²) >= 11 is 1.26. The highest BCUT2D eigenvalue weighted by Crippen LogP contribution is 2.34. The highest BCUT2D eigenvalue weighted by molar-refractivity contribution is 8.00. The quantitative estimate of drug-likeness (QED) is 0.746. The standard InChI is InChI=1S/C18H24F3N3OS/c1-6-9-24-14-10-12(18(19,20)21)7-8-13(14)22-16(24)26-11(2)15(25)23-17(3,4)5/h7-8,10-11H,6,9H2,1-5H3,(H,23,25)/t11-/m1/s1. The molecule has 1 atom stereocenters. The molecule has 2 rings (SSSR count). The maximum atomic E-state index is 13.0. The summed E-state index contributed by atoms with van der Waals surface area (Å²) in [4.78, 5) is 16.8. The van der Waals surface area contributed by atoms with Crippen molar-refractivity contribution in [3.05, 3.63) is 23.8 Å². The summed E-state index contributed by atoms with van der Waals surface area (Å²) in [5.74, 6) is -0.131. The van der Waals surface area contributed by atoms with Crippen molar-refractivity contribution in [1.82, 2.24) is 14.9 Å². The third-order valence-corrected chi connectivity index (χ3v) is 4.73. The SMILES string of the molecule is CCCn1c(S[C@H](C)C(=O)NC(C)(C)C)nc2ccc(C(F)(F)F)cc21. The molecule has 2 aromatic rings. The van der Waals surface area contributed by atoms with Crippen molar-refractivity contribution in [2.24, 2.45) is 0 Å². The Morgan fingerprint density at radius 3 is 2.50 bits per heavy atom. The number of rotatable bonds is 5. The number of aromatic nitrogens is 2. The summed E-state index contributed by atoms with van der Waals surface area (Å²) < 4.78 is 40.8. The minimum atomic E-state index is -4.40. The van der Waals surface area contributed by atoms with Crippen LogP contribution in [-0.4, -0.2) is 26.2 Å². The summed E-state index contributed by atoms with van der Waals surface area (Å²) in [7, 11) is 0. The largest absolute Gasteiger partial charge is 0.416 e. The lowest BCUT2D eigenvalue weighted by atomic mass is 10.1. The van der Waals surface area contributed by atoms with E-state index >= 15 is 0 Å². The second-order valence-electron chi connectivity index (χ2n) is 7.25. The van der Waals surface area contributed by atoms with E-state index in [0.717, 1.165) is 18.6 Å². The predicted octanol–water partition coefficient (Wildman–Crippen LogP) is 4.86. The van der Waals surface area contributed by atoms with E-state index in [1.165, 1.54) is 17.8 Å². The van der Waals surface area contributed by atoms with Gasteiger partial charge in [-0.05, 0) is 52.3 Å². The topological polar surface area (TPSA) is 46.9 Å². The monoisotopic (exact) mass is 387 g/mol. The van der Waals surface area contributed by atoms with Crippen LogP contribution in [0, 0.1) is 0 Å². The Kier molecular flexibility index (Phi) is 5.95. The van der Waals surface area contributed by atoms with E-state index in [2.05, 4.69) is 10.3 Å². The second-order valence-corrected chi connectivity index (χ2v) is 8.55. The predicted molar refractivity (Wildman–Crippen MR) is 98.2 cm³/mol. The number of benzene rings is 1. The molecule has 1 heterocycles. The summed E-state index contributed by atoms with van der Waals surface area (Å²) in [6.45, 7) is 9.94. The Morgan fingerprint density at radius 2 is 1.96 bits per heavy atom. The molecule has 1 aromatic heterocycles. The van der Waals surface area contributed by atoms with E-state index in [0.29, 0.717) is 22.7 Å². The van der Waals surface area contributed by atoms with Crippen LogP contribution in [0.3, 0.4) is 0 Å². The second kappa shape index (κ2) is 7.50. The maximum absolute atomic E-state index is 13.0. The van der Waals surface area contributed by atoms with Crippen molar-refractivity contribution in [3.63, 3.8) is 0 Å². The summed E-state index contributed by atoms with van der Waals surface area (Å²) in [6.07, 6.45) is -3.65. The lowest BCUT2D eigenvalue weighted by molar-refractivity contribution is -0.137. The van der Waals surface area contributed by atoms with Crippen molar-refractivity contribution in [2.75, 3.05) is 0 Å². The molecule has 1 N–H and O–H groups in total. The Morgan fingerprint density at radius 1 is 1.31 bits per heavy atom. The summed E-state index contributed by atoms with van der Waals surface area (Å²) in [5, 5.41) is 3.05. The Hall–Kier alpha value is -1.70. The van der Waals surface area contributed by atoms with Gasteiger partial charge in [0.1, 0.15) is 0 Å². The van der Waals surface area contributed by atoms with Gasteiger partial charge in [0.25, 0.3) is 0 Å². The van der Waals surface area contributed by atoms with Crippen molar-refractivity contribution >= 4 is 28.7 Å². The molecule has 4 nitrogen and oxygen atoms in total. The molecule has 0 unspecified atom stereocenters. The number of carbonyl (C=O) groups is 1. The van der Waals surface area contributed by atoms with Gasteiger partial charge in [-0.25, -0.2) is 4.98 Å². The lowest BCUT2D eigenvalue weighted by Gasteiger charge is -2.23. The molecule has 1 aromatic carbocycles. The van der Waals surface area contributed by atoms with Gasteiger partial charge in [-0.15, -0.1) is 0 Å². The molecule has 0 fully saturated rings. The van der Waals surface area contributed by atoms with Crippen LogP contribution in [0.5, 0.6) is 0 Å². The zero-order valence-electron chi connectivity index (χ0n) is 15.6. The average Bonchev–Trinajstić information content (AvgIpc) is 2.82. The average molecular weight is 387 g/mol. The molecule has 8 heteroatoms. The fourth-order valence-corrected chi connectivity index (χ4v) is 3.44. The fourth-order valence-electron chi connectivity index (χ4n) is 2.49. The van der Waals surface area contributed by atoms with E-state index in [9.17, 15) is 18.0 Å². The van der Waals surface area contributed by atoms with Crippen LogP contribution in [-0.2, 0) is 17.5 Å². The first-order chi connectivity index (χ1) is 11.9. The molecule has 26 heavy (non-hydrogen) atoms. The number of fused-ring (bicyclic) bond motifs is 1. The van der Waals surface area contributed by atoms with E-state index in [1.807, 2.05) is 27.7 Å². The molecule has 144 valence electrons. The molecule has 1 amide bonds. The molecule has 0 bridgehead atoms. The fraction of sp³-hybridized carbons (Fsp3) is 0.556. The highest BCUT2D eigenvalue weighted by Gasteiger charge is 2.31. The normalized spacial score (nSPS) is 13.8. The number of alkyl halides is 3. The zero-order valence-corrected chi connectivity index (χ0v) is 16.4. The molecule has 0 saturated carbocycles. The van der Waals surface area contributed by atoms with Gasteiger partial charge in [0, 0.05) is 12.1 Å². The van der Waals surface area contributed by atoms with Crippen molar-refractivity contribution in [3.8, 4) is 0 Å². The van der Waals surface area contributed by atoms with Crippen LogP contribution in [0.4, 0.5) is 13.2 Å². The lowest BCUT2D eigenvalue weighted by Crippen LogP contribution is -2.44. The van der Waals surface area contributed by atoms with Gasteiger partial charge in [0.05, 0.1) is 21.8 Å². The molecular formula is C18H24F3N3OS. The third-order valence-electron chi connectivity index (χ3n) is 3.64. The third kappa shape index (κ3) is 4.93. The number of thioether (sulfide) groups is 1.